The number of hydrogen-bond acceptors (Lipinski definition) is 5. The molecule has 1 atom stereocenters. The van der Waals surface area contributed by atoms with Crippen molar-refractivity contribution in [3.05, 3.63) is 53.2 Å². The number of hydrogen-bond donors (Lipinski definition) is 2. The minimum Gasteiger partial charge on any atom is -0.381 e. The van der Waals surface area contributed by atoms with Crippen LogP contribution in [-0.2, 0) is 9.53 Å². The predicted molar refractivity (Wildman–Crippen MR) is 106 cm³/mol. The first-order valence-corrected chi connectivity index (χ1v) is 9.53. The molecule has 28 heavy (non-hydrogen) atoms. The maximum atomic E-state index is 12.5. The number of nitrogens with zero attached hydrogens (tertiary/aromatic N) is 2. The van der Waals surface area contributed by atoms with Crippen molar-refractivity contribution in [1.29, 1.82) is 0 Å². The average Bonchev–Trinajstić information content (AvgIpc) is 2.72. The SMILES string of the molecule is Cc1ccc2c(n1)N(C)[C@H](c1ccc(NC(=O)C3CCOCC3)cc1)NC2=O. The van der Waals surface area contributed by atoms with Gasteiger partial charge in [-0.25, -0.2) is 4.98 Å². The van der Waals surface area contributed by atoms with Crippen LogP contribution in [0.15, 0.2) is 36.4 Å². The van der Waals surface area contributed by atoms with Crippen LogP contribution in [0, 0.1) is 12.8 Å². The third-order valence-electron chi connectivity index (χ3n) is 5.33. The largest absolute Gasteiger partial charge is 0.381 e. The maximum absolute atomic E-state index is 12.5. The third kappa shape index (κ3) is 3.57. The molecule has 4 rings (SSSR count). The first-order chi connectivity index (χ1) is 13.5. The summed E-state index contributed by atoms with van der Waals surface area (Å²) >= 11 is 0. The first kappa shape index (κ1) is 18.4. The van der Waals surface area contributed by atoms with Gasteiger partial charge in [0.15, 0.2) is 0 Å². The smallest absolute Gasteiger partial charge is 0.256 e. The lowest BCUT2D eigenvalue weighted by molar-refractivity contribution is -0.122. The summed E-state index contributed by atoms with van der Waals surface area (Å²) in [6.07, 6.45) is 1.21. The van der Waals surface area contributed by atoms with Gasteiger partial charge < -0.3 is 20.3 Å². The molecule has 7 nitrogen and oxygen atoms in total. The third-order valence-corrected chi connectivity index (χ3v) is 5.33. The first-order valence-electron chi connectivity index (χ1n) is 9.53. The molecule has 1 fully saturated rings. The van der Waals surface area contributed by atoms with Crippen LogP contribution in [0.25, 0.3) is 0 Å². The van der Waals surface area contributed by atoms with Gasteiger partial charge in [0.1, 0.15) is 12.0 Å². The molecule has 2 aromatic rings. The van der Waals surface area contributed by atoms with Crippen LogP contribution in [-0.4, -0.2) is 37.1 Å². The summed E-state index contributed by atoms with van der Waals surface area (Å²) < 4.78 is 5.31. The van der Waals surface area contributed by atoms with E-state index in [1.807, 2.05) is 49.2 Å². The van der Waals surface area contributed by atoms with Gasteiger partial charge in [-0.15, -0.1) is 0 Å². The Kier molecular flexibility index (Phi) is 5.00. The van der Waals surface area contributed by atoms with Gasteiger partial charge in [0, 0.05) is 37.6 Å². The molecule has 1 aromatic heterocycles. The number of benzene rings is 1. The lowest BCUT2D eigenvalue weighted by Gasteiger charge is -2.35. The second-order valence-corrected chi connectivity index (χ2v) is 7.31. The van der Waals surface area contributed by atoms with Crippen molar-refractivity contribution in [2.75, 3.05) is 30.5 Å². The summed E-state index contributed by atoms with van der Waals surface area (Å²) in [6.45, 7) is 3.19. The zero-order valence-corrected chi connectivity index (χ0v) is 16.1. The number of pyridine rings is 1. The Morgan fingerprint density at radius 2 is 1.89 bits per heavy atom. The van der Waals surface area contributed by atoms with Gasteiger partial charge in [0.2, 0.25) is 5.91 Å². The van der Waals surface area contributed by atoms with Crippen molar-refractivity contribution in [2.45, 2.75) is 25.9 Å². The van der Waals surface area contributed by atoms with E-state index in [0.29, 0.717) is 24.6 Å². The van der Waals surface area contributed by atoms with E-state index in [4.69, 9.17) is 4.74 Å². The Labute approximate surface area is 164 Å². The lowest BCUT2D eigenvalue weighted by atomic mass is 9.99. The van der Waals surface area contributed by atoms with Crippen LogP contribution in [0.3, 0.4) is 0 Å². The summed E-state index contributed by atoms with van der Waals surface area (Å²) in [5.74, 6) is 0.573. The van der Waals surface area contributed by atoms with Gasteiger partial charge in [-0.05, 0) is 49.6 Å². The van der Waals surface area contributed by atoms with E-state index in [1.165, 1.54) is 0 Å². The van der Waals surface area contributed by atoms with Crippen LogP contribution < -0.4 is 15.5 Å². The standard InChI is InChI=1S/C21H24N4O3/c1-13-3-8-17-19(22-13)25(2)18(24-21(17)27)14-4-6-16(7-5-14)23-20(26)15-9-11-28-12-10-15/h3-8,15,18H,9-12H2,1-2H3,(H,23,26)(H,24,27)/t18-/m1/s1. The summed E-state index contributed by atoms with van der Waals surface area (Å²) in [6, 6.07) is 11.2. The van der Waals surface area contributed by atoms with Crippen molar-refractivity contribution in [1.82, 2.24) is 10.3 Å². The Morgan fingerprint density at radius 1 is 1.18 bits per heavy atom. The molecule has 1 aromatic carbocycles. The Hall–Kier alpha value is -2.93. The second kappa shape index (κ2) is 7.59. The fraction of sp³-hybridized carbons (Fsp3) is 0.381. The Morgan fingerprint density at radius 3 is 2.61 bits per heavy atom. The molecule has 0 bridgehead atoms. The lowest BCUT2D eigenvalue weighted by Crippen LogP contribution is -2.45. The Bertz CT molecular complexity index is 891. The number of aromatic nitrogens is 1. The summed E-state index contributed by atoms with van der Waals surface area (Å²) in [5.41, 5.74) is 3.11. The van der Waals surface area contributed by atoms with Gasteiger partial charge in [0.05, 0.1) is 5.56 Å². The van der Waals surface area contributed by atoms with Gasteiger partial charge in [-0.1, -0.05) is 12.1 Å². The number of anilines is 2. The molecule has 3 heterocycles. The molecular formula is C21H24N4O3. The highest BCUT2D eigenvalue weighted by Crippen LogP contribution is 2.31. The molecule has 2 aliphatic rings. The zero-order chi connectivity index (χ0) is 19.7. The molecule has 0 aliphatic carbocycles. The Balaban J connectivity index is 1.49. The molecule has 2 aliphatic heterocycles. The predicted octanol–water partition coefficient (Wildman–Crippen LogP) is 2.63. The summed E-state index contributed by atoms with van der Waals surface area (Å²) in [4.78, 5) is 31.3. The molecule has 0 unspecified atom stereocenters. The highest BCUT2D eigenvalue weighted by Gasteiger charge is 2.30. The topological polar surface area (TPSA) is 83.6 Å². The van der Waals surface area contributed by atoms with E-state index in [2.05, 4.69) is 15.6 Å². The van der Waals surface area contributed by atoms with Crippen molar-refractivity contribution in [2.24, 2.45) is 5.92 Å². The highest BCUT2D eigenvalue weighted by atomic mass is 16.5. The van der Waals surface area contributed by atoms with Crippen molar-refractivity contribution in [3.8, 4) is 0 Å². The van der Waals surface area contributed by atoms with Crippen molar-refractivity contribution >= 4 is 23.3 Å². The number of nitrogens with one attached hydrogen (secondary N) is 2. The number of carbonyl (C=O) groups excluding carboxylic acids is 2. The molecule has 1 saturated heterocycles. The highest BCUT2D eigenvalue weighted by molar-refractivity contribution is 6.01. The second-order valence-electron chi connectivity index (χ2n) is 7.31. The summed E-state index contributed by atoms with van der Waals surface area (Å²) in [7, 11) is 1.91. The number of ether oxygens (including phenoxy) is 1. The minimum absolute atomic E-state index is 0.00279. The van der Waals surface area contributed by atoms with Gasteiger partial charge in [-0.2, -0.15) is 0 Å². The maximum Gasteiger partial charge on any atom is 0.256 e. The van der Waals surface area contributed by atoms with E-state index in [1.54, 1.807) is 6.07 Å². The quantitative estimate of drug-likeness (QED) is 0.855. The average molecular weight is 380 g/mol. The molecule has 2 amide bonds. The van der Waals surface area contributed by atoms with Crippen LogP contribution in [0.2, 0.25) is 0 Å². The number of rotatable bonds is 3. The number of carbonyl (C=O) groups is 2. The van der Waals surface area contributed by atoms with Gasteiger partial charge in [0.25, 0.3) is 5.91 Å². The molecule has 0 spiro atoms. The molecule has 2 N–H and O–H groups in total. The van der Waals surface area contributed by atoms with E-state index in [9.17, 15) is 9.59 Å². The fourth-order valence-electron chi connectivity index (χ4n) is 3.67. The number of amides is 2. The van der Waals surface area contributed by atoms with Crippen molar-refractivity contribution < 1.29 is 14.3 Å². The molecule has 0 radical (unpaired) electrons. The summed E-state index contributed by atoms with van der Waals surface area (Å²) in [5, 5.41) is 5.99. The van der Waals surface area contributed by atoms with E-state index in [0.717, 1.165) is 29.8 Å². The number of fused-ring (bicyclic) bond motifs is 1. The van der Waals surface area contributed by atoms with E-state index < -0.39 is 0 Å². The van der Waals surface area contributed by atoms with Crippen LogP contribution >= 0.6 is 0 Å². The number of aryl methyl sites for hydroxylation is 1. The van der Waals surface area contributed by atoms with Crippen LogP contribution in [0.5, 0.6) is 0 Å². The fourth-order valence-corrected chi connectivity index (χ4v) is 3.67. The molecule has 0 saturated carbocycles. The monoisotopic (exact) mass is 380 g/mol. The van der Waals surface area contributed by atoms with E-state index >= 15 is 0 Å². The zero-order valence-electron chi connectivity index (χ0n) is 16.1. The van der Waals surface area contributed by atoms with Gasteiger partial charge in [-0.3, -0.25) is 9.59 Å². The normalized spacial score (nSPS) is 19.7. The van der Waals surface area contributed by atoms with Crippen molar-refractivity contribution in [3.63, 3.8) is 0 Å². The molecular weight excluding hydrogens is 356 g/mol. The molecule has 7 heteroatoms. The van der Waals surface area contributed by atoms with E-state index in [-0.39, 0.29) is 23.9 Å². The van der Waals surface area contributed by atoms with Crippen LogP contribution in [0.1, 0.15) is 40.6 Å². The van der Waals surface area contributed by atoms with Crippen LogP contribution in [0.4, 0.5) is 11.5 Å². The molecule has 146 valence electrons. The van der Waals surface area contributed by atoms with Gasteiger partial charge >= 0.3 is 0 Å². The minimum atomic E-state index is -0.311.